The van der Waals surface area contributed by atoms with Crippen molar-refractivity contribution < 1.29 is 4.79 Å². The van der Waals surface area contributed by atoms with Crippen molar-refractivity contribution >= 4 is 5.91 Å². The SMILES string of the molecule is O=C(CC1CCCC1)N1CCc2c(c(-c3ncc[nH]3)nn2Cc2ccccc2)C1. The van der Waals surface area contributed by atoms with E-state index in [0.29, 0.717) is 24.8 Å². The fourth-order valence-corrected chi connectivity index (χ4v) is 4.77. The van der Waals surface area contributed by atoms with E-state index >= 15 is 0 Å². The molecule has 0 unspecified atom stereocenters. The lowest BCUT2D eigenvalue weighted by atomic mass is 10.0. The van der Waals surface area contributed by atoms with Crippen molar-refractivity contribution in [3.63, 3.8) is 0 Å². The van der Waals surface area contributed by atoms with Gasteiger partial charge in [0.25, 0.3) is 0 Å². The van der Waals surface area contributed by atoms with Crippen LogP contribution in [0.3, 0.4) is 0 Å². The molecule has 1 aliphatic carbocycles. The van der Waals surface area contributed by atoms with Gasteiger partial charge in [0.2, 0.25) is 5.91 Å². The standard InChI is InChI=1S/C23H27N5O/c29-21(14-17-6-4-5-7-17)27-13-10-20-19(16-27)22(23-24-11-12-25-23)26-28(20)15-18-8-2-1-3-9-18/h1-3,8-9,11-12,17H,4-7,10,13-16H2,(H,24,25). The zero-order valence-corrected chi connectivity index (χ0v) is 16.7. The van der Waals surface area contributed by atoms with Crippen molar-refractivity contribution in [2.45, 2.75) is 51.6 Å². The van der Waals surface area contributed by atoms with Crippen LogP contribution in [-0.2, 0) is 24.3 Å². The van der Waals surface area contributed by atoms with Crippen molar-refractivity contribution in [3.8, 4) is 11.5 Å². The third kappa shape index (κ3) is 3.71. The van der Waals surface area contributed by atoms with Crippen molar-refractivity contribution in [2.24, 2.45) is 5.92 Å². The number of aromatic amines is 1. The molecule has 1 fully saturated rings. The first-order valence-electron chi connectivity index (χ1n) is 10.7. The molecule has 5 rings (SSSR count). The second-order valence-corrected chi connectivity index (χ2v) is 8.27. The zero-order chi connectivity index (χ0) is 19.6. The minimum atomic E-state index is 0.295. The first kappa shape index (κ1) is 18.2. The smallest absolute Gasteiger partial charge is 0.223 e. The van der Waals surface area contributed by atoms with Crippen LogP contribution in [0.15, 0.2) is 42.7 Å². The molecular formula is C23H27N5O. The molecule has 6 heteroatoms. The molecule has 3 heterocycles. The Morgan fingerprint density at radius 3 is 2.76 bits per heavy atom. The number of nitrogens with zero attached hydrogens (tertiary/aromatic N) is 4. The van der Waals surface area contributed by atoms with Crippen LogP contribution in [0.5, 0.6) is 0 Å². The molecule has 2 aromatic heterocycles. The summed E-state index contributed by atoms with van der Waals surface area (Å²) in [5, 5.41) is 4.91. The molecular weight excluding hydrogens is 362 g/mol. The molecule has 0 saturated heterocycles. The van der Waals surface area contributed by atoms with E-state index in [0.717, 1.165) is 36.6 Å². The van der Waals surface area contributed by atoms with Crippen LogP contribution in [0.4, 0.5) is 0 Å². The number of imidazole rings is 1. The maximum atomic E-state index is 12.9. The summed E-state index contributed by atoms with van der Waals surface area (Å²) in [6, 6.07) is 10.4. The molecule has 0 radical (unpaired) electrons. The van der Waals surface area contributed by atoms with Crippen LogP contribution in [0, 0.1) is 5.92 Å². The molecule has 0 atom stereocenters. The Hall–Kier alpha value is -2.89. The molecule has 3 aromatic rings. The molecule has 1 N–H and O–H groups in total. The average Bonchev–Trinajstić information content (AvgIpc) is 3.50. The van der Waals surface area contributed by atoms with Crippen molar-refractivity contribution in [2.75, 3.05) is 6.54 Å². The molecule has 0 spiro atoms. The Labute approximate surface area is 171 Å². The van der Waals surface area contributed by atoms with E-state index < -0.39 is 0 Å². The number of H-pyrrole nitrogens is 1. The van der Waals surface area contributed by atoms with E-state index in [2.05, 4.69) is 38.9 Å². The summed E-state index contributed by atoms with van der Waals surface area (Å²) in [6.45, 7) is 2.14. The molecule has 1 amide bonds. The number of rotatable bonds is 5. The highest BCUT2D eigenvalue weighted by atomic mass is 16.2. The van der Waals surface area contributed by atoms with E-state index in [1.54, 1.807) is 6.20 Å². The number of nitrogens with one attached hydrogen (secondary N) is 1. The van der Waals surface area contributed by atoms with Gasteiger partial charge < -0.3 is 9.88 Å². The Bertz CT molecular complexity index is 970. The van der Waals surface area contributed by atoms with Crippen LogP contribution in [0.2, 0.25) is 0 Å². The van der Waals surface area contributed by atoms with Crippen molar-refractivity contribution in [1.29, 1.82) is 0 Å². The van der Waals surface area contributed by atoms with Gasteiger partial charge in [0.1, 0.15) is 5.69 Å². The fraction of sp³-hybridized carbons (Fsp3) is 0.435. The number of aromatic nitrogens is 4. The minimum absolute atomic E-state index is 0.295. The first-order valence-corrected chi connectivity index (χ1v) is 10.7. The average molecular weight is 390 g/mol. The highest BCUT2D eigenvalue weighted by molar-refractivity contribution is 5.77. The number of fused-ring (bicyclic) bond motifs is 1. The predicted octanol–water partition coefficient (Wildman–Crippen LogP) is 3.79. The minimum Gasteiger partial charge on any atom is -0.343 e. The normalized spacial score (nSPS) is 16.9. The van der Waals surface area contributed by atoms with Crippen molar-refractivity contribution in [1.82, 2.24) is 24.6 Å². The number of hydrogen-bond acceptors (Lipinski definition) is 3. The Kier molecular flexibility index (Phi) is 4.92. The van der Waals surface area contributed by atoms with Crippen LogP contribution in [0.25, 0.3) is 11.5 Å². The molecule has 1 saturated carbocycles. The largest absolute Gasteiger partial charge is 0.343 e. The summed E-state index contributed by atoms with van der Waals surface area (Å²) >= 11 is 0. The molecule has 150 valence electrons. The van der Waals surface area contributed by atoms with Gasteiger partial charge in [-0.05, 0) is 24.3 Å². The predicted molar refractivity (Wildman–Crippen MR) is 111 cm³/mol. The number of amides is 1. The number of hydrogen-bond donors (Lipinski definition) is 1. The summed E-state index contributed by atoms with van der Waals surface area (Å²) in [6.07, 6.45) is 10.1. The van der Waals surface area contributed by atoms with Crippen LogP contribution >= 0.6 is 0 Å². The topological polar surface area (TPSA) is 66.8 Å². The summed E-state index contributed by atoms with van der Waals surface area (Å²) < 4.78 is 2.10. The lowest BCUT2D eigenvalue weighted by Crippen LogP contribution is -2.37. The summed E-state index contributed by atoms with van der Waals surface area (Å²) in [5.74, 6) is 1.65. The maximum Gasteiger partial charge on any atom is 0.223 e. The Morgan fingerprint density at radius 1 is 1.17 bits per heavy atom. The number of carbonyl (C=O) groups is 1. The van der Waals surface area contributed by atoms with Gasteiger partial charge in [0.15, 0.2) is 5.82 Å². The van der Waals surface area contributed by atoms with Gasteiger partial charge in [-0.2, -0.15) is 5.10 Å². The second-order valence-electron chi connectivity index (χ2n) is 8.27. The van der Waals surface area contributed by atoms with E-state index in [9.17, 15) is 4.79 Å². The molecule has 29 heavy (non-hydrogen) atoms. The monoisotopic (exact) mass is 389 g/mol. The van der Waals surface area contributed by atoms with E-state index in [-0.39, 0.29) is 0 Å². The summed E-state index contributed by atoms with van der Waals surface area (Å²) in [4.78, 5) is 22.6. The highest BCUT2D eigenvalue weighted by Gasteiger charge is 2.30. The van der Waals surface area contributed by atoms with E-state index in [1.807, 2.05) is 17.2 Å². The highest BCUT2D eigenvalue weighted by Crippen LogP contribution is 2.32. The van der Waals surface area contributed by atoms with Gasteiger partial charge in [-0.25, -0.2) is 4.98 Å². The van der Waals surface area contributed by atoms with Crippen LogP contribution in [0.1, 0.15) is 48.9 Å². The van der Waals surface area contributed by atoms with Gasteiger partial charge in [-0.1, -0.05) is 43.2 Å². The number of carbonyl (C=O) groups excluding carboxylic acids is 1. The fourth-order valence-electron chi connectivity index (χ4n) is 4.77. The lowest BCUT2D eigenvalue weighted by Gasteiger charge is -2.29. The Balaban J connectivity index is 1.42. The van der Waals surface area contributed by atoms with Crippen LogP contribution < -0.4 is 0 Å². The third-order valence-corrected chi connectivity index (χ3v) is 6.32. The third-order valence-electron chi connectivity index (χ3n) is 6.32. The molecule has 2 aliphatic rings. The zero-order valence-electron chi connectivity index (χ0n) is 16.7. The summed E-state index contributed by atoms with van der Waals surface area (Å²) in [7, 11) is 0. The van der Waals surface area contributed by atoms with Gasteiger partial charge >= 0.3 is 0 Å². The summed E-state index contributed by atoms with van der Waals surface area (Å²) in [5.41, 5.74) is 4.47. The Morgan fingerprint density at radius 2 is 2.00 bits per heavy atom. The number of benzene rings is 1. The van der Waals surface area contributed by atoms with Gasteiger partial charge in [-0.3, -0.25) is 9.48 Å². The molecule has 1 aromatic carbocycles. The maximum absolute atomic E-state index is 12.9. The van der Waals surface area contributed by atoms with E-state index in [4.69, 9.17) is 5.10 Å². The van der Waals surface area contributed by atoms with Gasteiger partial charge in [0, 0.05) is 49.6 Å². The first-order chi connectivity index (χ1) is 14.3. The van der Waals surface area contributed by atoms with E-state index in [1.165, 1.54) is 36.9 Å². The van der Waals surface area contributed by atoms with Gasteiger partial charge in [-0.15, -0.1) is 0 Å². The van der Waals surface area contributed by atoms with Crippen LogP contribution in [-0.4, -0.2) is 37.1 Å². The van der Waals surface area contributed by atoms with Crippen molar-refractivity contribution in [3.05, 3.63) is 59.5 Å². The quantitative estimate of drug-likeness (QED) is 0.722. The molecule has 0 bridgehead atoms. The lowest BCUT2D eigenvalue weighted by molar-refractivity contribution is -0.133. The molecule has 6 nitrogen and oxygen atoms in total. The second kappa shape index (κ2) is 7.85. The molecule has 1 aliphatic heterocycles. The van der Waals surface area contributed by atoms with Gasteiger partial charge in [0.05, 0.1) is 6.54 Å².